The number of sulfonamides is 1. The number of nitrogens with zero attached hydrogens (tertiary/aromatic N) is 1. The Balaban J connectivity index is 1.52. The van der Waals surface area contributed by atoms with Gasteiger partial charge in [-0.1, -0.05) is 30.3 Å². The molecular weight excluding hydrogens is 388 g/mol. The van der Waals surface area contributed by atoms with Gasteiger partial charge in [0.25, 0.3) is 5.91 Å². The summed E-state index contributed by atoms with van der Waals surface area (Å²) in [6, 6.07) is 14.3. The summed E-state index contributed by atoms with van der Waals surface area (Å²) in [5.41, 5.74) is 2.23. The molecule has 2 aromatic rings. The quantitative estimate of drug-likeness (QED) is 0.717. The Labute approximate surface area is 172 Å². The number of carbonyl (C=O) groups is 1. The predicted molar refractivity (Wildman–Crippen MR) is 113 cm³/mol. The van der Waals surface area contributed by atoms with Gasteiger partial charge in [0.05, 0.1) is 11.8 Å². The van der Waals surface area contributed by atoms with Crippen molar-refractivity contribution in [1.29, 1.82) is 0 Å². The first kappa shape index (κ1) is 21.3. The average Bonchev–Trinajstić information content (AvgIpc) is 3.23. The van der Waals surface area contributed by atoms with Crippen LogP contribution in [-0.2, 0) is 15.8 Å². The van der Waals surface area contributed by atoms with E-state index in [-0.39, 0.29) is 17.7 Å². The second kappa shape index (κ2) is 9.41. The molecule has 0 radical (unpaired) electrons. The summed E-state index contributed by atoms with van der Waals surface area (Å²) in [7, 11) is -3.29. The summed E-state index contributed by atoms with van der Waals surface area (Å²) in [6.45, 7) is 5.43. The van der Waals surface area contributed by atoms with Crippen molar-refractivity contribution in [2.24, 2.45) is 0 Å². The van der Waals surface area contributed by atoms with Crippen LogP contribution in [0.5, 0.6) is 5.75 Å². The van der Waals surface area contributed by atoms with E-state index in [9.17, 15) is 13.2 Å². The second-order valence-electron chi connectivity index (χ2n) is 7.51. The molecule has 0 bridgehead atoms. The van der Waals surface area contributed by atoms with E-state index in [1.54, 1.807) is 28.6 Å². The summed E-state index contributed by atoms with van der Waals surface area (Å²) in [4.78, 5) is 12.4. The maximum Gasteiger partial charge on any atom is 0.251 e. The van der Waals surface area contributed by atoms with Gasteiger partial charge >= 0.3 is 0 Å². The maximum absolute atomic E-state index is 12.4. The molecule has 1 N–H and O–H groups in total. The largest absolute Gasteiger partial charge is 0.491 e. The van der Waals surface area contributed by atoms with E-state index in [1.165, 1.54) is 0 Å². The zero-order valence-electron chi connectivity index (χ0n) is 16.9. The number of ether oxygens (including phenoxy) is 1. The third-order valence-electron chi connectivity index (χ3n) is 4.98. The highest BCUT2D eigenvalue weighted by Crippen LogP contribution is 2.18. The Kier molecular flexibility index (Phi) is 6.92. The molecule has 1 atom stereocenters. The van der Waals surface area contributed by atoms with Crippen molar-refractivity contribution in [3.05, 3.63) is 65.2 Å². The van der Waals surface area contributed by atoms with Crippen LogP contribution < -0.4 is 10.1 Å². The molecule has 6 nitrogen and oxygen atoms in total. The highest BCUT2D eigenvalue weighted by molar-refractivity contribution is 7.88. The number of amides is 1. The fraction of sp³-hybridized carbons (Fsp3) is 0.409. The standard InChI is InChI=1S/C22H28N2O4S/c1-17-7-3-4-8-21(17)28-15-18(2)23-22(25)20-11-9-19(10-12-20)16-29(26,27)24-13-5-6-14-24/h3-4,7-12,18H,5-6,13-16H2,1-2H3,(H,23,25)/t18-/m0/s1. The van der Waals surface area contributed by atoms with Crippen LogP contribution in [0.3, 0.4) is 0 Å². The van der Waals surface area contributed by atoms with Gasteiger partial charge in [-0.15, -0.1) is 0 Å². The molecule has 1 amide bonds. The Bertz CT molecular complexity index is 936. The maximum atomic E-state index is 12.4. The van der Waals surface area contributed by atoms with Gasteiger partial charge in [0.2, 0.25) is 10.0 Å². The molecule has 29 heavy (non-hydrogen) atoms. The molecule has 1 aliphatic heterocycles. The van der Waals surface area contributed by atoms with E-state index in [4.69, 9.17) is 4.74 Å². The zero-order chi connectivity index (χ0) is 20.9. The van der Waals surface area contributed by atoms with E-state index >= 15 is 0 Å². The molecule has 0 spiro atoms. The lowest BCUT2D eigenvalue weighted by molar-refractivity contribution is 0.0926. The van der Waals surface area contributed by atoms with E-state index in [0.29, 0.717) is 30.8 Å². The molecular formula is C22H28N2O4S. The monoisotopic (exact) mass is 416 g/mol. The van der Waals surface area contributed by atoms with E-state index in [2.05, 4.69) is 5.32 Å². The van der Waals surface area contributed by atoms with E-state index < -0.39 is 10.0 Å². The van der Waals surface area contributed by atoms with Crippen LogP contribution in [0.2, 0.25) is 0 Å². The molecule has 1 aliphatic rings. The average molecular weight is 417 g/mol. The van der Waals surface area contributed by atoms with Crippen LogP contribution >= 0.6 is 0 Å². The number of hydrogen-bond donors (Lipinski definition) is 1. The Morgan fingerprint density at radius 3 is 2.41 bits per heavy atom. The van der Waals surface area contributed by atoms with Crippen molar-refractivity contribution in [2.75, 3.05) is 19.7 Å². The van der Waals surface area contributed by atoms with Crippen LogP contribution in [0.1, 0.15) is 41.3 Å². The molecule has 156 valence electrons. The van der Waals surface area contributed by atoms with Crippen molar-refractivity contribution in [3.8, 4) is 5.75 Å². The van der Waals surface area contributed by atoms with Crippen molar-refractivity contribution < 1.29 is 17.9 Å². The molecule has 0 saturated carbocycles. The van der Waals surface area contributed by atoms with Crippen LogP contribution in [0.15, 0.2) is 48.5 Å². The second-order valence-corrected chi connectivity index (χ2v) is 9.48. The zero-order valence-corrected chi connectivity index (χ0v) is 17.7. The molecule has 7 heteroatoms. The molecule has 0 unspecified atom stereocenters. The van der Waals surface area contributed by atoms with Gasteiger partial charge in [-0.3, -0.25) is 4.79 Å². The van der Waals surface area contributed by atoms with Crippen molar-refractivity contribution in [2.45, 2.75) is 38.5 Å². The fourth-order valence-electron chi connectivity index (χ4n) is 3.30. The summed E-state index contributed by atoms with van der Waals surface area (Å²) in [5.74, 6) is 0.562. The van der Waals surface area contributed by atoms with Crippen molar-refractivity contribution >= 4 is 15.9 Å². The van der Waals surface area contributed by atoms with Gasteiger partial charge in [-0.05, 0) is 56.0 Å². The lowest BCUT2D eigenvalue weighted by Crippen LogP contribution is -2.36. The summed E-state index contributed by atoms with van der Waals surface area (Å²) in [6.07, 6.45) is 1.84. The molecule has 3 rings (SSSR count). The van der Waals surface area contributed by atoms with Crippen LogP contribution in [0, 0.1) is 6.92 Å². The molecule has 1 saturated heterocycles. The predicted octanol–water partition coefficient (Wildman–Crippen LogP) is 3.12. The van der Waals surface area contributed by atoms with Gasteiger partial charge in [0, 0.05) is 18.7 Å². The van der Waals surface area contributed by atoms with Crippen LogP contribution in [0.25, 0.3) is 0 Å². The number of carbonyl (C=O) groups excluding carboxylic acids is 1. The van der Waals surface area contributed by atoms with Gasteiger partial charge < -0.3 is 10.1 Å². The summed E-state index contributed by atoms with van der Waals surface area (Å²) in [5, 5.41) is 2.91. The molecule has 1 heterocycles. The smallest absolute Gasteiger partial charge is 0.251 e. The first-order chi connectivity index (χ1) is 13.8. The third kappa shape index (κ3) is 5.81. The number of benzene rings is 2. The van der Waals surface area contributed by atoms with Gasteiger partial charge in [-0.2, -0.15) is 0 Å². The molecule has 1 fully saturated rings. The Morgan fingerprint density at radius 2 is 1.76 bits per heavy atom. The van der Waals surface area contributed by atoms with Crippen LogP contribution in [0.4, 0.5) is 0 Å². The Morgan fingerprint density at radius 1 is 1.10 bits per heavy atom. The highest BCUT2D eigenvalue weighted by atomic mass is 32.2. The van der Waals surface area contributed by atoms with E-state index in [1.807, 2.05) is 38.1 Å². The number of aryl methyl sites for hydroxylation is 1. The number of hydrogen-bond acceptors (Lipinski definition) is 4. The SMILES string of the molecule is Cc1ccccc1OC[C@H](C)NC(=O)c1ccc(CS(=O)(=O)N2CCCC2)cc1. The molecule has 0 aliphatic carbocycles. The normalized spacial score (nSPS) is 15.8. The fourth-order valence-corrected chi connectivity index (χ4v) is 4.91. The topological polar surface area (TPSA) is 75.7 Å². The minimum atomic E-state index is -3.29. The first-order valence-corrected chi connectivity index (χ1v) is 11.5. The molecule has 0 aromatic heterocycles. The number of rotatable bonds is 8. The molecule has 2 aromatic carbocycles. The van der Waals surface area contributed by atoms with Gasteiger partial charge in [0.1, 0.15) is 12.4 Å². The van der Waals surface area contributed by atoms with Gasteiger partial charge in [0.15, 0.2) is 0 Å². The third-order valence-corrected chi connectivity index (χ3v) is 6.83. The van der Waals surface area contributed by atoms with Crippen molar-refractivity contribution in [1.82, 2.24) is 9.62 Å². The van der Waals surface area contributed by atoms with E-state index in [0.717, 1.165) is 24.2 Å². The Hall–Kier alpha value is -2.38. The summed E-state index contributed by atoms with van der Waals surface area (Å²) < 4.78 is 32.1. The minimum absolute atomic E-state index is 0.0322. The van der Waals surface area contributed by atoms with Crippen molar-refractivity contribution in [3.63, 3.8) is 0 Å². The number of nitrogens with one attached hydrogen (secondary N) is 1. The van der Waals surface area contributed by atoms with Gasteiger partial charge in [-0.25, -0.2) is 12.7 Å². The summed E-state index contributed by atoms with van der Waals surface area (Å²) >= 11 is 0. The minimum Gasteiger partial charge on any atom is -0.491 e. The van der Waals surface area contributed by atoms with Crippen LogP contribution in [-0.4, -0.2) is 44.4 Å². The first-order valence-electron chi connectivity index (χ1n) is 9.91. The number of para-hydroxylation sites is 1. The highest BCUT2D eigenvalue weighted by Gasteiger charge is 2.25. The lowest BCUT2D eigenvalue weighted by atomic mass is 10.1. The lowest BCUT2D eigenvalue weighted by Gasteiger charge is -2.17.